The van der Waals surface area contributed by atoms with Gasteiger partial charge in [-0.1, -0.05) is 60.1 Å². The lowest BCUT2D eigenvalue weighted by atomic mass is 9.33. The first kappa shape index (κ1) is 23.5. The molecule has 1 spiro atoms. The van der Waals surface area contributed by atoms with Crippen LogP contribution in [0.5, 0.6) is 0 Å². The molecule has 34 heavy (non-hydrogen) atoms. The summed E-state index contributed by atoms with van der Waals surface area (Å²) in [5.74, 6) is 1.25. The summed E-state index contributed by atoms with van der Waals surface area (Å²) in [6, 6.07) is 0. The highest BCUT2D eigenvalue weighted by Gasteiger charge is 2.72. The quantitative estimate of drug-likeness (QED) is 0.354. The van der Waals surface area contributed by atoms with Gasteiger partial charge in [0.05, 0.1) is 17.6 Å². The van der Waals surface area contributed by atoms with E-state index in [1.807, 2.05) is 0 Å². The van der Waals surface area contributed by atoms with E-state index in [1.165, 1.54) is 0 Å². The van der Waals surface area contributed by atoms with Crippen LogP contribution >= 0.6 is 0 Å². The normalized spacial score (nSPS) is 56.9. The van der Waals surface area contributed by atoms with Crippen molar-refractivity contribution in [3.63, 3.8) is 0 Å². The van der Waals surface area contributed by atoms with Crippen molar-refractivity contribution in [2.45, 2.75) is 118 Å². The number of aliphatic hydroxyl groups is 2. The van der Waals surface area contributed by atoms with Crippen molar-refractivity contribution in [1.29, 1.82) is 0 Å². The van der Waals surface area contributed by atoms with Gasteiger partial charge >= 0.3 is 5.97 Å². The Hall–Kier alpha value is -0.870. The predicted molar refractivity (Wildman–Crippen MR) is 132 cm³/mol. The van der Waals surface area contributed by atoms with Crippen LogP contribution in [0.3, 0.4) is 0 Å². The van der Waals surface area contributed by atoms with E-state index in [0.717, 1.165) is 44.9 Å². The largest absolute Gasteiger partial charge is 0.461 e. The van der Waals surface area contributed by atoms with E-state index in [1.54, 1.807) is 5.57 Å². The van der Waals surface area contributed by atoms with Crippen LogP contribution in [-0.2, 0) is 9.53 Å². The number of allylic oxidation sites excluding steroid dienone is 2. The van der Waals surface area contributed by atoms with E-state index in [9.17, 15) is 15.0 Å². The molecule has 1 aliphatic heterocycles. The first-order valence-electron chi connectivity index (χ1n) is 13.9. The van der Waals surface area contributed by atoms with E-state index >= 15 is 0 Å². The monoisotopic (exact) mass is 470 g/mol. The molecule has 10 atom stereocenters. The third kappa shape index (κ3) is 2.46. The van der Waals surface area contributed by atoms with Gasteiger partial charge in [0.2, 0.25) is 0 Å². The molecule has 1 heterocycles. The maximum Gasteiger partial charge on any atom is 0.313 e. The molecule has 6 rings (SSSR count). The number of rotatable bonds is 0. The number of carbonyl (C=O) groups is 1. The predicted octanol–water partition coefficient (Wildman–Crippen LogP) is 5.66. The van der Waals surface area contributed by atoms with Gasteiger partial charge in [0.15, 0.2) is 0 Å². The van der Waals surface area contributed by atoms with Gasteiger partial charge in [-0.2, -0.15) is 0 Å². The van der Waals surface area contributed by atoms with E-state index in [-0.39, 0.29) is 44.6 Å². The molecule has 0 aromatic rings. The minimum Gasteiger partial charge on any atom is -0.461 e. The molecule has 4 saturated carbocycles. The number of hydrogen-bond acceptors (Lipinski definition) is 4. The third-order valence-corrected chi connectivity index (χ3v) is 13.4. The van der Waals surface area contributed by atoms with Crippen molar-refractivity contribution in [2.75, 3.05) is 0 Å². The van der Waals surface area contributed by atoms with Crippen molar-refractivity contribution in [2.24, 2.45) is 50.2 Å². The zero-order valence-electron chi connectivity index (χ0n) is 22.4. The van der Waals surface area contributed by atoms with Crippen LogP contribution in [0.1, 0.15) is 99.8 Å². The van der Waals surface area contributed by atoms with Crippen molar-refractivity contribution in [1.82, 2.24) is 0 Å². The van der Waals surface area contributed by atoms with Crippen LogP contribution in [0.2, 0.25) is 0 Å². The van der Waals surface area contributed by atoms with Gasteiger partial charge in [-0.3, -0.25) is 4.79 Å². The lowest BCUT2D eigenvalue weighted by Crippen LogP contribution is -2.66. The van der Waals surface area contributed by atoms with Crippen molar-refractivity contribution < 1.29 is 19.7 Å². The molecule has 1 saturated heterocycles. The van der Waals surface area contributed by atoms with Gasteiger partial charge in [0.25, 0.3) is 0 Å². The fourth-order valence-electron chi connectivity index (χ4n) is 11.2. The molecule has 0 amide bonds. The van der Waals surface area contributed by atoms with Crippen LogP contribution in [0.4, 0.5) is 0 Å². The second kappa shape index (κ2) is 6.52. The molecule has 0 aromatic carbocycles. The fourth-order valence-corrected chi connectivity index (χ4v) is 11.2. The van der Waals surface area contributed by atoms with Crippen molar-refractivity contribution >= 4 is 5.97 Å². The molecule has 6 aliphatic rings. The molecular formula is C30H46O4. The maximum atomic E-state index is 13.3. The molecule has 190 valence electrons. The average Bonchev–Trinajstić information content (AvgIpc) is 3.04. The van der Waals surface area contributed by atoms with Gasteiger partial charge in [0.1, 0.15) is 6.10 Å². The number of esters is 1. The highest BCUT2D eigenvalue weighted by Crippen LogP contribution is 2.76. The molecule has 5 fully saturated rings. The maximum absolute atomic E-state index is 13.3. The Labute approximate surface area is 205 Å². The summed E-state index contributed by atoms with van der Waals surface area (Å²) in [5.41, 5.74) is 1.18. The number of aliphatic hydroxyl groups excluding tert-OH is 2. The zero-order valence-corrected chi connectivity index (χ0v) is 22.4. The van der Waals surface area contributed by atoms with Gasteiger partial charge in [-0.25, -0.2) is 0 Å². The van der Waals surface area contributed by atoms with Crippen LogP contribution in [0.25, 0.3) is 0 Å². The average molecular weight is 471 g/mol. The molecule has 2 bridgehead atoms. The van der Waals surface area contributed by atoms with Gasteiger partial charge < -0.3 is 14.9 Å². The molecule has 0 aromatic heterocycles. The van der Waals surface area contributed by atoms with Gasteiger partial charge in [-0.05, 0) is 84.4 Å². The van der Waals surface area contributed by atoms with E-state index in [4.69, 9.17) is 4.74 Å². The van der Waals surface area contributed by atoms with Crippen LogP contribution in [0, 0.1) is 50.2 Å². The Morgan fingerprint density at radius 2 is 1.62 bits per heavy atom. The number of carbonyl (C=O) groups excluding carboxylic acids is 1. The summed E-state index contributed by atoms with van der Waals surface area (Å²) < 4.78 is 6.02. The van der Waals surface area contributed by atoms with E-state index in [2.05, 4.69) is 54.5 Å². The molecule has 4 nitrogen and oxygen atoms in total. The summed E-state index contributed by atoms with van der Waals surface area (Å²) in [5, 5.41) is 21.9. The highest BCUT2D eigenvalue weighted by atomic mass is 16.6. The van der Waals surface area contributed by atoms with Crippen LogP contribution < -0.4 is 0 Å². The Morgan fingerprint density at radius 3 is 2.32 bits per heavy atom. The number of ether oxygens (including phenoxy) is 1. The smallest absolute Gasteiger partial charge is 0.313 e. The van der Waals surface area contributed by atoms with E-state index < -0.39 is 12.2 Å². The Bertz CT molecular complexity index is 965. The molecule has 2 N–H and O–H groups in total. The minimum absolute atomic E-state index is 0.00145. The second-order valence-electron chi connectivity index (χ2n) is 15.3. The summed E-state index contributed by atoms with van der Waals surface area (Å²) >= 11 is 0. The SMILES string of the molecule is CC1(C)C[C@H]2C3=CC[C@@H]4[C@@]5(C)C[C@H](O)[C@H](O)C(C)(C)[C@@H]5CC[C@@]4(C)[C@]3(C)CC[C@@]23C[C@@H]1OC3=O. The number of fused-ring (bicyclic) bond motifs is 7. The standard InChI is InChI=1S/C30H46O4/c1-25(2)14-18-17-8-9-21-27(5)15-19(31)23(32)26(3,4)20(27)10-11-29(21,7)28(17,6)12-13-30(18)16-22(25)34-24(30)33/h8,18-23,31-32H,9-16H2,1-7H3/t18-,19-,20-,21+,22-,23-,27-,28+,29+,30+/m0/s1. The topological polar surface area (TPSA) is 66.8 Å². The summed E-state index contributed by atoms with van der Waals surface area (Å²) in [4.78, 5) is 13.3. The van der Waals surface area contributed by atoms with Crippen LogP contribution in [0.15, 0.2) is 11.6 Å². The van der Waals surface area contributed by atoms with Gasteiger partial charge in [-0.15, -0.1) is 0 Å². The highest BCUT2D eigenvalue weighted by molar-refractivity contribution is 5.81. The van der Waals surface area contributed by atoms with E-state index in [0.29, 0.717) is 24.2 Å². The zero-order chi connectivity index (χ0) is 24.7. The molecule has 0 radical (unpaired) electrons. The molecule has 4 heteroatoms. The lowest BCUT2D eigenvalue weighted by Gasteiger charge is -2.71. The van der Waals surface area contributed by atoms with Crippen molar-refractivity contribution in [3.8, 4) is 0 Å². The summed E-state index contributed by atoms with van der Waals surface area (Å²) in [7, 11) is 0. The lowest BCUT2D eigenvalue weighted by molar-refractivity contribution is -0.230. The fraction of sp³-hybridized carbons (Fsp3) is 0.900. The summed E-state index contributed by atoms with van der Waals surface area (Å²) in [6.07, 6.45) is 9.25. The van der Waals surface area contributed by atoms with Gasteiger partial charge in [0, 0.05) is 11.8 Å². The molecule has 0 unspecified atom stereocenters. The Balaban J connectivity index is 1.45. The molecule has 5 aliphatic carbocycles. The first-order chi connectivity index (χ1) is 15.6. The summed E-state index contributed by atoms with van der Waals surface area (Å²) in [6.45, 7) is 16.4. The Kier molecular flexibility index (Phi) is 4.51. The third-order valence-electron chi connectivity index (χ3n) is 13.4. The Morgan fingerprint density at radius 1 is 0.912 bits per heavy atom. The van der Waals surface area contributed by atoms with Crippen LogP contribution in [-0.4, -0.2) is 34.5 Å². The molecular weight excluding hydrogens is 424 g/mol. The number of hydrogen-bond donors (Lipinski definition) is 2. The van der Waals surface area contributed by atoms with Crippen molar-refractivity contribution in [3.05, 3.63) is 11.6 Å². The minimum atomic E-state index is -0.657. The second-order valence-corrected chi connectivity index (χ2v) is 15.3. The first-order valence-corrected chi connectivity index (χ1v) is 13.9.